The minimum atomic E-state index is -3.67. The third kappa shape index (κ3) is 3.85. The van der Waals surface area contributed by atoms with E-state index < -0.39 is 10.0 Å². The van der Waals surface area contributed by atoms with Crippen molar-refractivity contribution in [3.05, 3.63) is 72.3 Å². The molecule has 0 amide bonds. The molecule has 0 radical (unpaired) electrons. The van der Waals surface area contributed by atoms with Gasteiger partial charge in [-0.2, -0.15) is 4.68 Å². The van der Waals surface area contributed by atoms with E-state index in [9.17, 15) is 8.42 Å². The first-order valence-corrected chi connectivity index (χ1v) is 10.2. The van der Waals surface area contributed by atoms with E-state index in [0.29, 0.717) is 29.9 Å². The summed E-state index contributed by atoms with van der Waals surface area (Å²) in [5.74, 6) is 0.716. The van der Waals surface area contributed by atoms with Gasteiger partial charge < -0.3 is 5.32 Å². The van der Waals surface area contributed by atoms with Gasteiger partial charge in [0.25, 0.3) is 0 Å². The summed E-state index contributed by atoms with van der Waals surface area (Å²) in [5, 5.41) is 16.7. The maximum Gasteiger partial charge on any atom is 0.238 e. The smallest absolute Gasteiger partial charge is 0.238 e. The number of nitrogens with two attached hydrogens (primary N) is 1. The number of para-hydroxylation sites is 1. The number of nitrogens with zero attached hydrogens (tertiary/aromatic N) is 4. The maximum atomic E-state index is 11.3. The number of hydrogen-bond donors (Lipinski definition) is 2. The molecule has 4 rings (SSSR count). The van der Waals surface area contributed by atoms with Crippen molar-refractivity contribution in [3.63, 3.8) is 0 Å². The van der Waals surface area contributed by atoms with Crippen molar-refractivity contribution < 1.29 is 8.42 Å². The van der Waals surface area contributed by atoms with E-state index in [1.807, 2.05) is 42.5 Å². The van der Waals surface area contributed by atoms with E-state index in [2.05, 4.69) is 20.6 Å². The van der Waals surface area contributed by atoms with Crippen LogP contribution in [0.25, 0.3) is 16.9 Å². The van der Waals surface area contributed by atoms with Crippen LogP contribution >= 0.6 is 0 Å². The second-order valence-electron chi connectivity index (χ2n) is 6.24. The minimum Gasteiger partial charge on any atom is -0.370 e. The highest BCUT2D eigenvalue weighted by Gasteiger charge is 2.09. The molecule has 0 fully saturated rings. The lowest BCUT2D eigenvalue weighted by molar-refractivity contribution is 0.598. The first-order chi connectivity index (χ1) is 13.5. The standard InChI is InChI=1S/C19H18N6O2S/c20-28(26,27)16-8-6-14(7-9-16)12-13-21-18-11-10-17-19(22-18)25(24-23-17)15-4-2-1-3-5-15/h1-11H,12-13H2,(H,21,22)(H2,20,26,27). The zero-order valence-electron chi connectivity index (χ0n) is 14.9. The summed E-state index contributed by atoms with van der Waals surface area (Å²) in [4.78, 5) is 4.73. The molecule has 28 heavy (non-hydrogen) atoms. The van der Waals surface area contributed by atoms with E-state index in [1.54, 1.807) is 16.8 Å². The summed E-state index contributed by atoms with van der Waals surface area (Å²) in [6.45, 7) is 0.639. The van der Waals surface area contributed by atoms with Crippen molar-refractivity contribution in [2.45, 2.75) is 11.3 Å². The Bertz CT molecular complexity index is 1200. The fraction of sp³-hybridized carbons (Fsp3) is 0.105. The van der Waals surface area contributed by atoms with Gasteiger partial charge in [0.15, 0.2) is 5.65 Å². The third-order valence-corrected chi connectivity index (χ3v) is 5.20. The molecule has 2 heterocycles. The minimum absolute atomic E-state index is 0.109. The molecule has 0 aliphatic rings. The Kier molecular flexibility index (Phi) is 4.76. The van der Waals surface area contributed by atoms with E-state index >= 15 is 0 Å². The van der Waals surface area contributed by atoms with Crippen molar-refractivity contribution in [3.8, 4) is 5.69 Å². The van der Waals surface area contributed by atoms with Crippen LogP contribution in [0.15, 0.2) is 71.6 Å². The zero-order chi connectivity index (χ0) is 19.6. The Morgan fingerprint density at radius 2 is 1.71 bits per heavy atom. The zero-order valence-corrected chi connectivity index (χ0v) is 15.7. The molecule has 8 nitrogen and oxygen atoms in total. The average molecular weight is 394 g/mol. The molecule has 0 aliphatic carbocycles. The second kappa shape index (κ2) is 7.37. The van der Waals surface area contributed by atoms with Crippen LogP contribution in [0.5, 0.6) is 0 Å². The molecule has 0 saturated heterocycles. The highest BCUT2D eigenvalue weighted by atomic mass is 32.2. The van der Waals surface area contributed by atoms with Crippen LogP contribution in [0, 0.1) is 0 Å². The SMILES string of the molecule is NS(=O)(=O)c1ccc(CCNc2ccc3nnn(-c4ccccc4)c3n2)cc1. The Morgan fingerprint density at radius 1 is 0.964 bits per heavy atom. The molecular weight excluding hydrogens is 376 g/mol. The van der Waals surface area contributed by atoms with Gasteiger partial charge in [-0.15, -0.1) is 5.10 Å². The normalized spacial score (nSPS) is 11.6. The Balaban J connectivity index is 1.47. The number of hydrogen-bond acceptors (Lipinski definition) is 6. The van der Waals surface area contributed by atoms with Crippen molar-refractivity contribution >= 4 is 27.0 Å². The number of rotatable bonds is 6. The van der Waals surface area contributed by atoms with Crippen LogP contribution in [0.3, 0.4) is 0 Å². The lowest BCUT2D eigenvalue weighted by Crippen LogP contribution is -2.12. The molecule has 4 aromatic rings. The first-order valence-electron chi connectivity index (χ1n) is 8.64. The number of sulfonamides is 1. The van der Waals surface area contributed by atoms with Crippen molar-refractivity contribution in [1.82, 2.24) is 20.0 Å². The molecule has 9 heteroatoms. The van der Waals surface area contributed by atoms with Crippen LogP contribution in [0.4, 0.5) is 5.82 Å². The molecule has 0 aliphatic heterocycles. The fourth-order valence-electron chi connectivity index (χ4n) is 2.83. The van der Waals surface area contributed by atoms with Crippen LogP contribution in [0.2, 0.25) is 0 Å². The van der Waals surface area contributed by atoms with Gasteiger partial charge in [-0.3, -0.25) is 0 Å². The number of anilines is 1. The van der Waals surface area contributed by atoms with E-state index in [4.69, 9.17) is 5.14 Å². The largest absolute Gasteiger partial charge is 0.370 e. The molecule has 2 aromatic heterocycles. The van der Waals surface area contributed by atoms with Crippen LogP contribution in [0.1, 0.15) is 5.56 Å². The summed E-state index contributed by atoms with van der Waals surface area (Å²) in [7, 11) is -3.67. The quantitative estimate of drug-likeness (QED) is 0.517. The van der Waals surface area contributed by atoms with E-state index in [1.165, 1.54) is 12.1 Å². The molecule has 2 aromatic carbocycles. The van der Waals surface area contributed by atoms with Crippen LogP contribution in [-0.2, 0) is 16.4 Å². The van der Waals surface area contributed by atoms with Crippen LogP contribution in [-0.4, -0.2) is 34.9 Å². The Hall–Kier alpha value is -3.30. The summed E-state index contributed by atoms with van der Waals surface area (Å²) < 4.78 is 24.3. The van der Waals surface area contributed by atoms with Gasteiger partial charge in [0.05, 0.1) is 10.6 Å². The van der Waals surface area contributed by atoms with E-state index in [0.717, 1.165) is 11.3 Å². The molecule has 0 atom stereocenters. The number of aromatic nitrogens is 4. The maximum absolute atomic E-state index is 11.3. The number of benzene rings is 2. The highest BCUT2D eigenvalue weighted by Crippen LogP contribution is 2.17. The number of nitrogens with one attached hydrogen (secondary N) is 1. The summed E-state index contributed by atoms with van der Waals surface area (Å²) in [6, 6.07) is 20.0. The molecule has 0 unspecified atom stereocenters. The van der Waals surface area contributed by atoms with Crippen molar-refractivity contribution in [2.75, 3.05) is 11.9 Å². The lowest BCUT2D eigenvalue weighted by Gasteiger charge is -2.07. The summed E-state index contributed by atoms with van der Waals surface area (Å²) >= 11 is 0. The molecular formula is C19H18N6O2S. The number of fused-ring (bicyclic) bond motifs is 1. The predicted molar refractivity (Wildman–Crippen MR) is 107 cm³/mol. The van der Waals surface area contributed by atoms with Crippen molar-refractivity contribution in [2.24, 2.45) is 5.14 Å². The third-order valence-electron chi connectivity index (χ3n) is 4.27. The van der Waals surface area contributed by atoms with Gasteiger partial charge in [0.2, 0.25) is 10.0 Å². The first kappa shape index (κ1) is 18.1. The second-order valence-corrected chi connectivity index (χ2v) is 7.80. The molecule has 0 saturated carbocycles. The van der Waals surface area contributed by atoms with Gasteiger partial charge in [-0.05, 0) is 48.4 Å². The molecule has 142 valence electrons. The van der Waals surface area contributed by atoms with Gasteiger partial charge in [-0.1, -0.05) is 35.5 Å². The van der Waals surface area contributed by atoms with Crippen molar-refractivity contribution in [1.29, 1.82) is 0 Å². The van der Waals surface area contributed by atoms with Gasteiger partial charge in [0.1, 0.15) is 11.3 Å². The molecule has 0 bridgehead atoms. The predicted octanol–water partition coefficient (Wildman–Crippen LogP) is 2.12. The Labute approximate surface area is 162 Å². The van der Waals surface area contributed by atoms with Crippen LogP contribution < -0.4 is 10.5 Å². The topological polar surface area (TPSA) is 116 Å². The monoisotopic (exact) mass is 394 g/mol. The van der Waals surface area contributed by atoms with Gasteiger partial charge >= 0.3 is 0 Å². The fourth-order valence-corrected chi connectivity index (χ4v) is 3.35. The number of pyridine rings is 1. The number of primary sulfonamides is 1. The molecule has 3 N–H and O–H groups in total. The Morgan fingerprint density at radius 3 is 2.43 bits per heavy atom. The van der Waals surface area contributed by atoms with E-state index in [-0.39, 0.29) is 4.90 Å². The highest BCUT2D eigenvalue weighted by molar-refractivity contribution is 7.89. The average Bonchev–Trinajstić information content (AvgIpc) is 3.12. The van der Waals surface area contributed by atoms with Gasteiger partial charge in [0, 0.05) is 6.54 Å². The summed E-state index contributed by atoms with van der Waals surface area (Å²) in [5.41, 5.74) is 3.28. The lowest BCUT2D eigenvalue weighted by atomic mass is 10.1. The summed E-state index contributed by atoms with van der Waals surface area (Å²) in [6.07, 6.45) is 0.709. The molecule has 0 spiro atoms. The van der Waals surface area contributed by atoms with Gasteiger partial charge in [-0.25, -0.2) is 18.5 Å².